The third-order valence-electron chi connectivity index (χ3n) is 4.46. The summed E-state index contributed by atoms with van der Waals surface area (Å²) in [7, 11) is 0. The van der Waals surface area contributed by atoms with Gasteiger partial charge in [0.2, 0.25) is 5.91 Å². The molecule has 6 nitrogen and oxygen atoms in total. The second kappa shape index (κ2) is 7.86. The Morgan fingerprint density at radius 1 is 1.08 bits per heavy atom. The molecule has 3 rings (SSSR count). The third kappa shape index (κ3) is 4.04. The molecule has 0 unspecified atom stereocenters. The highest BCUT2D eigenvalue weighted by Crippen LogP contribution is 2.38. The molecule has 0 spiro atoms. The third-order valence-corrected chi connectivity index (χ3v) is 5.52. The van der Waals surface area contributed by atoms with E-state index in [-0.39, 0.29) is 29.4 Å². The van der Waals surface area contributed by atoms with Gasteiger partial charge in [-0.1, -0.05) is 12.0 Å². The molecule has 0 aromatic heterocycles. The summed E-state index contributed by atoms with van der Waals surface area (Å²) in [5, 5.41) is 2.24. The Morgan fingerprint density at radius 3 is 2.35 bits per heavy atom. The summed E-state index contributed by atoms with van der Waals surface area (Å²) in [6.45, 7) is 1.14. The molecule has 2 fully saturated rings. The van der Waals surface area contributed by atoms with Crippen molar-refractivity contribution in [2.24, 2.45) is 0 Å². The first-order chi connectivity index (χ1) is 12.5. The van der Waals surface area contributed by atoms with Crippen LogP contribution in [0.25, 0.3) is 0 Å². The van der Waals surface area contributed by atoms with E-state index in [1.807, 2.05) is 0 Å². The van der Waals surface area contributed by atoms with E-state index in [0.29, 0.717) is 16.2 Å². The lowest BCUT2D eigenvalue weighted by Crippen LogP contribution is -2.33. The van der Waals surface area contributed by atoms with E-state index >= 15 is 0 Å². The average Bonchev–Trinajstić information content (AvgIpc) is 2.91. The number of thioether (sulfide) groups is 1. The summed E-state index contributed by atoms with van der Waals surface area (Å²) >= 11 is 0.952. The van der Waals surface area contributed by atoms with Crippen LogP contribution in [-0.2, 0) is 9.59 Å². The van der Waals surface area contributed by atoms with Crippen molar-refractivity contribution in [3.05, 3.63) is 40.3 Å². The van der Waals surface area contributed by atoms with Gasteiger partial charge >= 0.3 is 0 Å². The molecule has 1 aliphatic heterocycles. The summed E-state index contributed by atoms with van der Waals surface area (Å²) < 4.78 is 0. The molecule has 2 aliphatic rings. The molecule has 7 heteroatoms. The number of nitrogens with zero attached hydrogens (tertiary/aromatic N) is 1. The Kier molecular flexibility index (Phi) is 5.56. The molecule has 3 amide bonds. The molecule has 1 aromatic carbocycles. The maximum absolute atomic E-state index is 12.6. The standard InChI is InChI=1S/C19H20N2O4S/c1-12(22)20-15-9-7-13(8-10-15)16(23)11-21-18(24)17(26-19(21)25)14-5-3-2-4-6-14/h7-10H,2-6,11H2,1H3,(H,20,22). The van der Waals surface area contributed by atoms with E-state index in [9.17, 15) is 19.2 Å². The fourth-order valence-corrected chi connectivity index (χ4v) is 4.11. The maximum Gasteiger partial charge on any atom is 0.293 e. The number of ketones is 1. The summed E-state index contributed by atoms with van der Waals surface area (Å²) in [6.07, 6.45) is 4.95. The second-order valence-corrected chi connectivity index (χ2v) is 7.40. The monoisotopic (exact) mass is 372 g/mol. The Balaban J connectivity index is 1.70. The van der Waals surface area contributed by atoms with Crippen molar-refractivity contribution in [2.75, 3.05) is 11.9 Å². The van der Waals surface area contributed by atoms with Gasteiger partial charge in [-0.3, -0.25) is 24.1 Å². The fourth-order valence-electron chi connectivity index (χ4n) is 3.13. The number of carbonyl (C=O) groups excluding carboxylic acids is 4. The van der Waals surface area contributed by atoms with Gasteiger partial charge < -0.3 is 5.32 Å². The number of hydrogen-bond acceptors (Lipinski definition) is 5. The van der Waals surface area contributed by atoms with Crippen molar-refractivity contribution in [1.29, 1.82) is 0 Å². The summed E-state index contributed by atoms with van der Waals surface area (Å²) in [5.74, 6) is -0.852. The van der Waals surface area contributed by atoms with Crippen molar-refractivity contribution in [3.8, 4) is 0 Å². The van der Waals surface area contributed by atoms with Crippen LogP contribution >= 0.6 is 11.8 Å². The number of allylic oxidation sites excluding steroid dienone is 1. The highest BCUT2D eigenvalue weighted by Gasteiger charge is 2.38. The molecule has 1 aliphatic carbocycles. The molecule has 26 heavy (non-hydrogen) atoms. The smallest absolute Gasteiger partial charge is 0.293 e. The van der Waals surface area contributed by atoms with Gasteiger partial charge in [-0.15, -0.1) is 0 Å². The zero-order valence-electron chi connectivity index (χ0n) is 14.5. The first kappa shape index (κ1) is 18.4. The average molecular weight is 372 g/mol. The van der Waals surface area contributed by atoms with Crippen molar-refractivity contribution in [1.82, 2.24) is 4.90 Å². The predicted octanol–water partition coefficient (Wildman–Crippen LogP) is 3.74. The van der Waals surface area contributed by atoms with Gasteiger partial charge in [0.15, 0.2) is 5.78 Å². The number of imide groups is 1. The SMILES string of the molecule is CC(=O)Nc1ccc(C(=O)CN2C(=O)SC(=C3CCCCC3)C2=O)cc1. The largest absolute Gasteiger partial charge is 0.326 e. The lowest BCUT2D eigenvalue weighted by atomic mass is 9.94. The number of nitrogens with one attached hydrogen (secondary N) is 1. The molecule has 1 N–H and O–H groups in total. The first-order valence-corrected chi connectivity index (χ1v) is 9.44. The van der Waals surface area contributed by atoms with Gasteiger partial charge in [0.25, 0.3) is 11.1 Å². The van der Waals surface area contributed by atoms with E-state index in [2.05, 4.69) is 5.32 Å². The second-order valence-electron chi connectivity index (χ2n) is 6.43. The van der Waals surface area contributed by atoms with Crippen LogP contribution in [0.3, 0.4) is 0 Å². The van der Waals surface area contributed by atoms with Crippen LogP contribution in [0.4, 0.5) is 10.5 Å². The van der Waals surface area contributed by atoms with Crippen molar-refractivity contribution in [2.45, 2.75) is 39.0 Å². The number of rotatable bonds is 4. The number of anilines is 1. The van der Waals surface area contributed by atoms with E-state index in [0.717, 1.165) is 54.3 Å². The van der Waals surface area contributed by atoms with Crippen LogP contribution in [0, 0.1) is 0 Å². The molecule has 136 valence electrons. The molecule has 0 radical (unpaired) electrons. The first-order valence-electron chi connectivity index (χ1n) is 8.62. The lowest BCUT2D eigenvalue weighted by Gasteiger charge is -2.15. The number of carbonyl (C=O) groups is 4. The zero-order chi connectivity index (χ0) is 18.7. The van der Waals surface area contributed by atoms with Crippen LogP contribution in [0.2, 0.25) is 0 Å². The minimum atomic E-state index is -0.383. The van der Waals surface area contributed by atoms with Gasteiger partial charge in [0, 0.05) is 18.2 Å². The van der Waals surface area contributed by atoms with Gasteiger partial charge in [-0.2, -0.15) is 0 Å². The molecular weight excluding hydrogens is 352 g/mol. The van der Waals surface area contributed by atoms with E-state index in [1.54, 1.807) is 24.3 Å². The predicted molar refractivity (Wildman–Crippen MR) is 99.9 cm³/mol. The number of Topliss-reactive ketones (excluding diaryl/α,β-unsaturated/α-hetero) is 1. The lowest BCUT2D eigenvalue weighted by molar-refractivity contribution is -0.122. The van der Waals surface area contributed by atoms with Gasteiger partial charge in [-0.05, 0) is 61.7 Å². The number of hydrogen-bond donors (Lipinski definition) is 1. The van der Waals surface area contributed by atoms with Crippen LogP contribution in [0.1, 0.15) is 49.4 Å². The minimum Gasteiger partial charge on any atom is -0.326 e. The van der Waals surface area contributed by atoms with Gasteiger partial charge in [0.1, 0.15) is 0 Å². The Morgan fingerprint density at radius 2 is 1.73 bits per heavy atom. The normalized spacial score (nSPS) is 17.7. The van der Waals surface area contributed by atoms with Gasteiger partial charge in [0.05, 0.1) is 11.4 Å². The molecule has 1 heterocycles. The molecular formula is C19H20N2O4S. The summed E-state index contributed by atoms with van der Waals surface area (Å²) in [5.41, 5.74) is 2.03. The van der Waals surface area contributed by atoms with E-state index in [1.165, 1.54) is 6.92 Å². The number of amides is 3. The van der Waals surface area contributed by atoms with Gasteiger partial charge in [-0.25, -0.2) is 0 Å². The molecule has 0 atom stereocenters. The minimum absolute atomic E-state index is 0.197. The fraction of sp³-hybridized carbons (Fsp3) is 0.368. The van der Waals surface area contributed by atoms with Crippen molar-refractivity contribution >= 4 is 40.3 Å². The zero-order valence-corrected chi connectivity index (χ0v) is 15.4. The highest BCUT2D eigenvalue weighted by molar-refractivity contribution is 8.18. The molecule has 1 saturated carbocycles. The van der Waals surface area contributed by atoms with Crippen LogP contribution in [0.15, 0.2) is 34.7 Å². The maximum atomic E-state index is 12.6. The Labute approximate surface area is 156 Å². The van der Waals surface area contributed by atoms with Crippen LogP contribution < -0.4 is 5.32 Å². The van der Waals surface area contributed by atoms with E-state index < -0.39 is 0 Å². The highest BCUT2D eigenvalue weighted by atomic mass is 32.2. The summed E-state index contributed by atoms with van der Waals surface area (Å²) in [6, 6.07) is 6.39. The molecule has 0 bridgehead atoms. The molecule has 1 aromatic rings. The number of benzene rings is 1. The Hall–Kier alpha value is -2.41. The van der Waals surface area contributed by atoms with Crippen molar-refractivity contribution in [3.63, 3.8) is 0 Å². The summed E-state index contributed by atoms with van der Waals surface area (Å²) in [4.78, 5) is 49.8. The van der Waals surface area contributed by atoms with Crippen molar-refractivity contribution < 1.29 is 19.2 Å². The molecule has 1 saturated heterocycles. The quantitative estimate of drug-likeness (QED) is 0.643. The van der Waals surface area contributed by atoms with Crippen LogP contribution in [0.5, 0.6) is 0 Å². The Bertz CT molecular complexity index is 790. The topological polar surface area (TPSA) is 83.6 Å². The van der Waals surface area contributed by atoms with E-state index in [4.69, 9.17) is 0 Å². The van der Waals surface area contributed by atoms with Crippen LogP contribution in [-0.4, -0.2) is 34.3 Å².